The number of carboxylic acids is 1. The Morgan fingerprint density at radius 1 is 1.06 bits per heavy atom. The number of aliphatic hydroxyl groups is 1. The van der Waals surface area contributed by atoms with Crippen molar-refractivity contribution in [1.82, 2.24) is 0 Å². The summed E-state index contributed by atoms with van der Waals surface area (Å²) in [6.07, 6.45) is 2.62. The van der Waals surface area contributed by atoms with E-state index in [0.717, 1.165) is 12.8 Å². The van der Waals surface area contributed by atoms with Gasteiger partial charge in [-0.2, -0.15) is 0 Å². The standard InChI is InChI=1S/C12H24O3.CH2O/c1-11(2,6-5-10(14)15)9-12(3,4)7-8-13;1-2/h13H,5-9H2,1-4H3,(H,14,15);1H2. The topological polar surface area (TPSA) is 74.6 Å². The van der Waals surface area contributed by atoms with Crippen LogP contribution in [0.15, 0.2) is 0 Å². The highest BCUT2D eigenvalue weighted by Gasteiger charge is 2.28. The molecule has 0 unspecified atom stereocenters. The summed E-state index contributed by atoms with van der Waals surface area (Å²) < 4.78 is 0. The van der Waals surface area contributed by atoms with Crippen molar-refractivity contribution in [1.29, 1.82) is 0 Å². The molecule has 0 saturated heterocycles. The summed E-state index contributed by atoms with van der Waals surface area (Å²) in [6.45, 7) is 10.6. The Kier molecular flexibility index (Phi) is 8.94. The van der Waals surface area contributed by atoms with Gasteiger partial charge in [0, 0.05) is 13.0 Å². The normalized spacial score (nSPS) is 11.6. The van der Waals surface area contributed by atoms with Crippen molar-refractivity contribution in [3.05, 3.63) is 0 Å². The van der Waals surface area contributed by atoms with Crippen LogP contribution in [0.4, 0.5) is 0 Å². The van der Waals surface area contributed by atoms with Crippen LogP contribution in [0.3, 0.4) is 0 Å². The fourth-order valence-electron chi connectivity index (χ4n) is 2.22. The molecule has 0 aliphatic rings. The van der Waals surface area contributed by atoms with Gasteiger partial charge in [0.05, 0.1) is 0 Å². The number of aliphatic carboxylic acids is 1. The molecule has 0 aromatic carbocycles. The van der Waals surface area contributed by atoms with E-state index in [2.05, 4.69) is 27.7 Å². The second-order valence-electron chi connectivity index (χ2n) is 5.87. The van der Waals surface area contributed by atoms with E-state index < -0.39 is 5.97 Å². The number of aliphatic hydroxyl groups excluding tert-OH is 1. The highest BCUT2D eigenvalue weighted by Crippen LogP contribution is 2.38. The third-order valence-corrected chi connectivity index (χ3v) is 2.76. The van der Waals surface area contributed by atoms with Crippen LogP contribution in [-0.4, -0.2) is 29.6 Å². The molecule has 17 heavy (non-hydrogen) atoms. The van der Waals surface area contributed by atoms with E-state index in [4.69, 9.17) is 15.0 Å². The molecule has 0 spiro atoms. The molecule has 0 saturated carbocycles. The van der Waals surface area contributed by atoms with Crippen molar-refractivity contribution in [2.75, 3.05) is 6.61 Å². The molecule has 102 valence electrons. The lowest BCUT2D eigenvalue weighted by Crippen LogP contribution is -2.24. The molecule has 0 rings (SSSR count). The molecular formula is C13H26O4. The van der Waals surface area contributed by atoms with Gasteiger partial charge in [-0.3, -0.25) is 4.79 Å². The first-order chi connectivity index (χ1) is 7.68. The average Bonchev–Trinajstić information content (AvgIpc) is 2.16. The predicted molar refractivity (Wildman–Crippen MR) is 67.9 cm³/mol. The van der Waals surface area contributed by atoms with Gasteiger partial charge < -0.3 is 15.0 Å². The van der Waals surface area contributed by atoms with Crippen molar-refractivity contribution in [2.45, 2.75) is 53.4 Å². The van der Waals surface area contributed by atoms with Gasteiger partial charge >= 0.3 is 5.97 Å². The van der Waals surface area contributed by atoms with Crippen molar-refractivity contribution < 1.29 is 19.8 Å². The first kappa shape index (κ1) is 18.5. The summed E-state index contributed by atoms with van der Waals surface area (Å²) in [5, 5.41) is 17.6. The van der Waals surface area contributed by atoms with E-state index in [-0.39, 0.29) is 23.9 Å². The molecule has 4 nitrogen and oxygen atoms in total. The quantitative estimate of drug-likeness (QED) is 0.723. The number of rotatable bonds is 7. The van der Waals surface area contributed by atoms with E-state index >= 15 is 0 Å². The monoisotopic (exact) mass is 246 g/mol. The van der Waals surface area contributed by atoms with Gasteiger partial charge in [0.1, 0.15) is 6.79 Å². The minimum Gasteiger partial charge on any atom is -0.481 e. The van der Waals surface area contributed by atoms with Crippen LogP contribution in [0.1, 0.15) is 53.4 Å². The van der Waals surface area contributed by atoms with Crippen molar-refractivity contribution in [3.63, 3.8) is 0 Å². The number of carboxylic acid groups (broad SMARTS) is 1. The van der Waals surface area contributed by atoms with Crippen LogP contribution in [0.2, 0.25) is 0 Å². The maximum atomic E-state index is 10.5. The molecule has 0 aromatic heterocycles. The SMILES string of the molecule is C=O.CC(C)(CCO)CC(C)(C)CCC(=O)O. The van der Waals surface area contributed by atoms with E-state index in [1.165, 1.54) is 0 Å². The minimum atomic E-state index is -0.733. The van der Waals surface area contributed by atoms with Gasteiger partial charge in [0.2, 0.25) is 0 Å². The third kappa shape index (κ3) is 11.4. The Bertz CT molecular complexity index is 221. The number of carbonyl (C=O) groups is 2. The van der Waals surface area contributed by atoms with Gasteiger partial charge in [-0.1, -0.05) is 27.7 Å². The number of hydrogen-bond acceptors (Lipinski definition) is 3. The lowest BCUT2D eigenvalue weighted by molar-refractivity contribution is -0.137. The smallest absolute Gasteiger partial charge is 0.303 e. The maximum absolute atomic E-state index is 10.5. The predicted octanol–water partition coefficient (Wildman–Crippen LogP) is 2.49. The zero-order valence-electron chi connectivity index (χ0n) is 11.5. The third-order valence-electron chi connectivity index (χ3n) is 2.76. The highest BCUT2D eigenvalue weighted by molar-refractivity contribution is 5.66. The Labute approximate surface area is 104 Å². The van der Waals surface area contributed by atoms with Crippen LogP contribution in [0.25, 0.3) is 0 Å². The van der Waals surface area contributed by atoms with Crippen LogP contribution >= 0.6 is 0 Å². The Morgan fingerprint density at radius 2 is 1.47 bits per heavy atom. The second kappa shape index (κ2) is 8.23. The largest absolute Gasteiger partial charge is 0.481 e. The van der Waals surface area contributed by atoms with E-state index in [1.807, 2.05) is 6.79 Å². The van der Waals surface area contributed by atoms with Crippen LogP contribution < -0.4 is 0 Å². The van der Waals surface area contributed by atoms with Crippen LogP contribution in [-0.2, 0) is 9.59 Å². The summed E-state index contributed by atoms with van der Waals surface area (Å²) >= 11 is 0. The molecule has 0 atom stereocenters. The average molecular weight is 246 g/mol. The van der Waals surface area contributed by atoms with E-state index in [0.29, 0.717) is 6.42 Å². The molecular weight excluding hydrogens is 220 g/mol. The zero-order valence-corrected chi connectivity index (χ0v) is 11.5. The Morgan fingerprint density at radius 3 is 1.82 bits per heavy atom. The molecule has 0 radical (unpaired) electrons. The summed E-state index contributed by atoms with van der Waals surface area (Å²) in [7, 11) is 0. The van der Waals surface area contributed by atoms with Gasteiger partial charge in [-0.05, 0) is 30.1 Å². The van der Waals surface area contributed by atoms with Crippen LogP contribution in [0.5, 0.6) is 0 Å². The highest BCUT2D eigenvalue weighted by atomic mass is 16.4. The first-order valence-corrected chi connectivity index (χ1v) is 5.80. The molecule has 0 amide bonds. The molecule has 0 bridgehead atoms. The lowest BCUT2D eigenvalue weighted by atomic mass is 9.71. The van der Waals surface area contributed by atoms with Gasteiger partial charge in [0.15, 0.2) is 0 Å². The fourth-order valence-corrected chi connectivity index (χ4v) is 2.22. The Balaban J connectivity index is 0. The minimum absolute atomic E-state index is 0.0249. The Hall–Kier alpha value is -0.900. The van der Waals surface area contributed by atoms with Crippen molar-refractivity contribution in [2.24, 2.45) is 10.8 Å². The summed E-state index contributed by atoms with van der Waals surface area (Å²) in [4.78, 5) is 18.5. The summed E-state index contributed by atoms with van der Waals surface area (Å²) in [5.41, 5.74) is 0.105. The van der Waals surface area contributed by atoms with Gasteiger partial charge in [-0.15, -0.1) is 0 Å². The van der Waals surface area contributed by atoms with Gasteiger partial charge in [0.25, 0.3) is 0 Å². The fraction of sp³-hybridized carbons (Fsp3) is 0.846. The molecule has 0 aromatic rings. The van der Waals surface area contributed by atoms with E-state index in [1.54, 1.807) is 0 Å². The first-order valence-electron chi connectivity index (χ1n) is 5.80. The second-order valence-corrected chi connectivity index (χ2v) is 5.87. The van der Waals surface area contributed by atoms with Crippen molar-refractivity contribution in [3.8, 4) is 0 Å². The zero-order chi connectivity index (χ0) is 14.1. The lowest BCUT2D eigenvalue weighted by Gasteiger charge is -2.34. The molecule has 0 aliphatic carbocycles. The molecule has 0 fully saturated rings. The van der Waals surface area contributed by atoms with Crippen LogP contribution in [0, 0.1) is 10.8 Å². The maximum Gasteiger partial charge on any atom is 0.303 e. The number of carbonyl (C=O) groups excluding carboxylic acids is 1. The summed E-state index contributed by atoms with van der Waals surface area (Å²) in [6, 6.07) is 0. The van der Waals surface area contributed by atoms with Crippen molar-refractivity contribution >= 4 is 12.8 Å². The number of hydrogen-bond donors (Lipinski definition) is 2. The molecule has 2 N–H and O–H groups in total. The molecule has 0 aliphatic heterocycles. The molecule has 0 heterocycles. The van der Waals surface area contributed by atoms with E-state index in [9.17, 15) is 4.79 Å². The molecule has 4 heteroatoms. The van der Waals surface area contributed by atoms with Gasteiger partial charge in [-0.25, -0.2) is 0 Å². The summed E-state index contributed by atoms with van der Waals surface area (Å²) in [5.74, 6) is -0.733.